The fourth-order valence-electron chi connectivity index (χ4n) is 2.53. The van der Waals surface area contributed by atoms with Crippen LogP contribution >= 0.6 is 15.9 Å². The Hall–Kier alpha value is -1.46. The number of benzene rings is 1. The Morgan fingerprint density at radius 1 is 1.40 bits per heavy atom. The van der Waals surface area contributed by atoms with Gasteiger partial charge in [-0.15, -0.1) is 0 Å². The van der Waals surface area contributed by atoms with Crippen LogP contribution in [0.25, 0.3) is 11.4 Å². The van der Waals surface area contributed by atoms with E-state index in [1.54, 1.807) is 7.11 Å². The molecule has 0 saturated heterocycles. The summed E-state index contributed by atoms with van der Waals surface area (Å²) in [6, 6.07) is 5.93. The van der Waals surface area contributed by atoms with E-state index in [0.717, 1.165) is 52.1 Å². The van der Waals surface area contributed by atoms with Gasteiger partial charge >= 0.3 is 0 Å². The first-order chi connectivity index (χ1) is 9.69. The van der Waals surface area contributed by atoms with Crippen molar-refractivity contribution in [1.82, 2.24) is 9.97 Å². The summed E-state index contributed by atoms with van der Waals surface area (Å²) in [7, 11) is 1.65. The second kappa shape index (κ2) is 5.50. The number of aryl methyl sites for hydroxylation is 1. The molecule has 0 spiro atoms. The molecule has 1 atom stereocenters. The van der Waals surface area contributed by atoms with Gasteiger partial charge in [0.1, 0.15) is 5.75 Å². The van der Waals surface area contributed by atoms with Crippen LogP contribution in [-0.4, -0.2) is 17.1 Å². The Balaban J connectivity index is 2.00. The molecule has 0 saturated carbocycles. The summed E-state index contributed by atoms with van der Waals surface area (Å²) in [6.07, 6.45) is 4.97. The lowest BCUT2D eigenvalue weighted by Crippen LogP contribution is -2.19. The minimum atomic E-state index is 0.0791. The second-order valence-electron chi connectivity index (χ2n) is 4.94. The van der Waals surface area contributed by atoms with E-state index in [2.05, 4.69) is 25.9 Å². The average molecular weight is 334 g/mol. The van der Waals surface area contributed by atoms with E-state index < -0.39 is 0 Å². The Morgan fingerprint density at radius 2 is 2.25 bits per heavy atom. The molecule has 2 aromatic rings. The fraction of sp³-hybridized carbons (Fsp3) is 0.333. The lowest BCUT2D eigenvalue weighted by Gasteiger charge is -2.21. The number of hydrogen-bond acceptors (Lipinski definition) is 4. The van der Waals surface area contributed by atoms with E-state index >= 15 is 0 Å². The van der Waals surface area contributed by atoms with Crippen molar-refractivity contribution in [3.8, 4) is 17.1 Å². The number of rotatable bonds is 2. The summed E-state index contributed by atoms with van der Waals surface area (Å²) in [6.45, 7) is 0. The van der Waals surface area contributed by atoms with Crippen LogP contribution in [0.4, 0.5) is 0 Å². The lowest BCUT2D eigenvalue weighted by atomic mass is 9.93. The normalized spacial score (nSPS) is 17.6. The van der Waals surface area contributed by atoms with Crippen molar-refractivity contribution in [2.75, 3.05) is 7.11 Å². The third-order valence-corrected chi connectivity index (χ3v) is 4.26. The van der Waals surface area contributed by atoms with Crippen molar-refractivity contribution >= 4 is 15.9 Å². The Kier molecular flexibility index (Phi) is 3.72. The van der Waals surface area contributed by atoms with Gasteiger partial charge in [-0.25, -0.2) is 9.97 Å². The van der Waals surface area contributed by atoms with Crippen molar-refractivity contribution in [3.05, 3.63) is 40.1 Å². The highest BCUT2D eigenvalue weighted by molar-refractivity contribution is 9.10. The number of nitrogens with zero attached hydrogens (tertiary/aromatic N) is 2. The summed E-state index contributed by atoms with van der Waals surface area (Å²) in [5, 5.41) is 0. The Labute approximate surface area is 126 Å². The van der Waals surface area contributed by atoms with Gasteiger partial charge in [0, 0.05) is 29.1 Å². The first kappa shape index (κ1) is 13.5. The van der Waals surface area contributed by atoms with Gasteiger partial charge in [0.15, 0.2) is 5.82 Å². The number of methoxy groups -OCH3 is 1. The van der Waals surface area contributed by atoms with Gasteiger partial charge in [-0.2, -0.15) is 0 Å². The number of aromatic nitrogens is 2. The maximum atomic E-state index is 6.09. The van der Waals surface area contributed by atoms with E-state index in [4.69, 9.17) is 10.5 Å². The topological polar surface area (TPSA) is 61.0 Å². The lowest BCUT2D eigenvalue weighted by molar-refractivity contribution is 0.412. The molecular formula is C15H16BrN3O. The first-order valence-corrected chi connectivity index (χ1v) is 7.43. The molecule has 5 heteroatoms. The van der Waals surface area contributed by atoms with Crippen LogP contribution in [0.3, 0.4) is 0 Å². The van der Waals surface area contributed by atoms with Crippen molar-refractivity contribution in [3.63, 3.8) is 0 Å². The maximum Gasteiger partial charge on any atom is 0.159 e. The van der Waals surface area contributed by atoms with Gasteiger partial charge in [0.2, 0.25) is 0 Å². The molecule has 0 bridgehead atoms. The van der Waals surface area contributed by atoms with Gasteiger partial charge in [-0.3, -0.25) is 0 Å². The van der Waals surface area contributed by atoms with Crippen molar-refractivity contribution in [2.45, 2.75) is 25.3 Å². The molecule has 104 valence electrons. The molecule has 0 fully saturated rings. The van der Waals surface area contributed by atoms with Crippen LogP contribution in [0.1, 0.15) is 30.1 Å². The predicted octanol–water partition coefficient (Wildman–Crippen LogP) is 3.25. The molecule has 1 heterocycles. The molecule has 1 aliphatic rings. The van der Waals surface area contributed by atoms with Crippen LogP contribution in [0.5, 0.6) is 5.75 Å². The SMILES string of the molecule is COc1ccc(-c2ncc3c(n2)CCCC3N)cc1Br. The van der Waals surface area contributed by atoms with Gasteiger partial charge < -0.3 is 10.5 Å². The summed E-state index contributed by atoms with van der Waals surface area (Å²) in [5.41, 5.74) is 9.24. The van der Waals surface area contributed by atoms with E-state index in [1.807, 2.05) is 24.4 Å². The van der Waals surface area contributed by atoms with E-state index in [-0.39, 0.29) is 6.04 Å². The molecule has 3 rings (SSSR count). The molecule has 1 unspecified atom stereocenters. The third kappa shape index (κ3) is 2.43. The molecule has 1 aliphatic carbocycles. The number of ether oxygens (including phenoxy) is 1. The smallest absolute Gasteiger partial charge is 0.159 e. The largest absolute Gasteiger partial charge is 0.496 e. The molecule has 4 nitrogen and oxygen atoms in total. The molecule has 1 aromatic heterocycles. The molecule has 2 N–H and O–H groups in total. The number of nitrogens with two attached hydrogens (primary N) is 1. The third-order valence-electron chi connectivity index (χ3n) is 3.64. The van der Waals surface area contributed by atoms with Gasteiger partial charge in [0.25, 0.3) is 0 Å². The van der Waals surface area contributed by atoms with Crippen LogP contribution in [0.15, 0.2) is 28.9 Å². The van der Waals surface area contributed by atoms with E-state index in [1.165, 1.54) is 0 Å². The van der Waals surface area contributed by atoms with Crippen molar-refractivity contribution in [2.24, 2.45) is 5.73 Å². The van der Waals surface area contributed by atoms with Crippen LogP contribution in [0.2, 0.25) is 0 Å². The van der Waals surface area contributed by atoms with Crippen LogP contribution in [-0.2, 0) is 6.42 Å². The summed E-state index contributed by atoms with van der Waals surface area (Å²) < 4.78 is 6.13. The summed E-state index contributed by atoms with van der Waals surface area (Å²) in [5.74, 6) is 1.54. The average Bonchev–Trinajstić information content (AvgIpc) is 2.47. The summed E-state index contributed by atoms with van der Waals surface area (Å²) >= 11 is 3.49. The molecule has 0 aliphatic heterocycles. The van der Waals surface area contributed by atoms with E-state index in [0.29, 0.717) is 0 Å². The predicted molar refractivity (Wildman–Crippen MR) is 81.6 cm³/mol. The highest BCUT2D eigenvalue weighted by Crippen LogP contribution is 2.31. The highest BCUT2D eigenvalue weighted by atomic mass is 79.9. The fourth-order valence-corrected chi connectivity index (χ4v) is 3.07. The Morgan fingerprint density at radius 3 is 3.00 bits per heavy atom. The van der Waals surface area contributed by atoms with Crippen LogP contribution in [0, 0.1) is 0 Å². The minimum Gasteiger partial charge on any atom is -0.496 e. The van der Waals surface area contributed by atoms with E-state index in [9.17, 15) is 0 Å². The monoisotopic (exact) mass is 333 g/mol. The van der Waals surface area contributed by atoms with Crippen molar-refractivity contribution < 1.29 is 4.74 Å². The van der Waals surface area contributed by atoms with Gasteiger partial charge in [0.05, 0.1) is 11.6 Å². The number of fused-ring (bicyclic) bond motifs is 1. The molecule has 1 aromatic carbocycles. The quantitative estimate of drug-likeness (QED) is 0.916. The number of halogens is 1. The molecule has 20 heavy (non-hydrogen) atoms. The van der Waals surface area contributed by atoms with Crippen molar-refractivity contribution in [1.29, 1.82) is 0 Å². The zero-order valence-corrected chi connectivity index (χ0v) is 12.9. The molecule has 0 radical (unpaired) electrons. The molecule has 0 amide bonds. The Bertz CT molecular complexity index is 645. The maximum absolute atomic E-state index is 6.09. The minimum absolute atomic E-state index is 0.0791. The second-order valence-corrected chi connectivity index (χ2v) is 5.80. The zero-order chi connectivity index (χ0) is 14.1. The van der Waals surface area contributed by atoms with Crippen LogP contribution < -0.4 is 10.5 Å². The van der Waals surface area contributed by atoms with Gasteiger partial charge in [-0.1, -0.05) is 0 Å². The number of hydrogen-bond donors (Lipinski definition) is 1. The standard InChI is InChI=1S/C15H16BrN3O/c1-20-14-6-5-9(7-11(14)16)15-18-8-10-12(17)3-2-4-13(10)19-15/h5-8,12H,2-4,17H2,1H3. The first-order valence-electron chi connectivity index (χ1n) is 6.64. The highest BCUT2D eigenvalue weighted by Gasteiger charge is 2.19. The molecular weight excluding hydrogens is 318 g/mol. The van der Waals surface area contributed by atoms with Gasteiger partial charge in [-0.05, 0) is 53.4 Å². The zero-order valence-electron chi connectivity index (χ0n) is 11.3. The summed E-state index contributed by atoms with van der Waals surface area (Å²) in [4.78, 5) is 9.13.